The number of imide groups is 1. The number of aliphatic hydroxyl groups is 1. The summed E-state index contributed by atoms with van der Waals surface area (Å²) < 4.78 is 1.56. The third kappa shape index (κ3) is 2.83. The van der Waals surface area contributed by atoms with Crippen molar-refractivity contribution in [3.63, 3.8) is 0 Å². The fourth-order valence-corrected chi connectivity index (χ4v) is 2.94. The van der Waals surface area contributed by atoms with E-state index < -0.39 is 47.0 Å². The molecule has 2 unspecified atom stereocenters. The lowest BCUT2D eigenvalue weighted by Crippen LogP contribution is -2.63. The molecule has 1 aromatic heterocycles. The van der Waals surface area contributed by atoms with Gasteiger partial charge in [-0.15, -0.1) is 10.2 Å². The number of likely N-dealkylation sites (N-methyl/N-ethyl adjacent to an activating group) is 1. The van der Waals surface area contributed by atoms with Crippen molar-refractivity contribution in [2.75, 3.05) is 20.2 Å². The van der Waals surface area contributed by atoms with Crippen molar-refractivity contribution in [1.82, 2.24) is 24.3 Å². The van der Waals surface area contributed by atoms with E-state index in [0.29, 0.717) is 0 Å². The van der Waals surface area contributed by atoms with Crippen molar-refractivity contribution in [2.45, 2.75) is 12.2 Å². The van der Waals surface area contributed by atoms with Crippen LogP contribution >= 0.6 is 0 Å². The number of nitrogens with one attached hydrogen (secondary N) is 1. The van der Waals surface area contributed by atoms with E-state index in [9.17, 15) is 29.4 Å². The van der Waals surface area contributed by atoms with Crippen LogP contribution in [0.4, 0.5) is 10.5 Å². The van der Waals surface area contributed by atoms with Gasteiger partial charge in [0.1, 0.15) is 0 Å². The predicted molar refractivity (Wildman–Crippen MR) is 93.2 cm³/mol. The molecule has 0 bridgehead atoms. The van der Waals surface area contributed by atoms with Gasteiger partial charge in [-0.3, -0.25) is 24.0 Å². The number of carbonyl (C=O) groups is 2. The molecule has 0 aliphatic carbocycles. The number of fused-ring (bicyclic) bond motifs is 1. The van der Waals surface area contributed by atoms with Gasteiger partial charge in [-0.1, -0.05) is 0 Å². The van der Waals surface area contributed by atoms with Gasteiger partial charge in [0.2, 0.25) is 17.5 Å². The highest BCUT2D eigenvalue weighted by atomic mass is 16.3. The van der Waals surface area contributed by atoms with Crippen molar-refractivity contribution < 1.29 is 19.8 Å². The molecule has 1 fully saturated rings. The average Bonchev–Trinajstić information content (AvgIpc) is 3.02. The van der Waals surface area contributed by atoms with Crippen LogP contribution in [0.1, 0.15) is 0 Å². The van der Waals surface area contributed by atoms with Crippen LogP contribution in [0.25, 0.3) is 0 Å². The monoisotopic (exact) mass is 394 g/mol. The number of hydrogen-bond acceptors (Lipinski definition) is 10. The zero-order valence-electron chi connectivity index (χ0n) is 15.2. The molecule has 0 spiro atoms. The van der Waals surface area contributed by atoms with Crippen molar-refractivity contribution in [2.24, 2.45) is 29.3 Å². The van der Waals surface area contributed by atoms with E-state index in [-0.39, 0.29) is 19.1 Å². The molecule has 0 saturated carbocycles. The maximum atomic E-state index is 12.2. The number of aliphatic hydroxyl groups excluding tert-OH is 1. The third-order valence-electron chi connectivity index (χ3n) is 4.53. The number of hydrogen-bond donors (Lipinski definition) is 3. The largest absolute Gasteiger partial charge is 0.493 e. The van der Waals surface area contributed by atoms with Crippen molar-refractivity contribution in [3.05, 3.63) is 20.8 Å². The molecule has 14 nitrogen and oxygen atoms in total. The molecule has 0 aromatic carbocycles. The van der Waals surface area contributed by atoms with E-state index in [1.807, 2.05) is 0 Å². The zero-order valence-corrected chi connectivity index (χ0v) is 15.2. The van der Waals surface area contributed by atoms with Crippen LogP contribution in [-0.2, 0) is 18.9 Å². The molecule has 3 heterocycles. The Morgan fingerprint density at radius 1 is 1.11 bits per heavy atom. The Morgan fingerprint density at radius 2 is 1.79 bits per heavy atom. The summed E-state index contributed by atoms with van der Waals surface area (Å²) in [5, 5.41) is 29.0. The molecule has 0 radical (unpaired) electrons. The maximum Gasteiger partial charge on any atom is 0.333 e. The molecule has 28 heavy (non-hydrogen) atoms. The Kier molecular flexibility index (Phi) is 4.72. The Hall–Kier alpha value is -3.55. The summed E-state index contributed by atoms with van der Waals surface area (Å²) in [5.41, 5.74) is -2.12. The molecule has 14 heteroatoms. The minimum absolute atomic E-state index is 0.0360. The highest BCUT2D eigenvalue weighted by Crippen LogP contribution is 2.26. The van der Waals surface area contributed by atoms with Crippen molar-refractivity contribution >= 4 is 23.6 Å². The van der Waals surface area contributed by atoms with Gasteiger partial charge in [-0.2, -0.15) is 0 Å². The quantitative estimate of drug-likeness (QED) is 0.472. The van der Waals surface area contributed by atoms with E-state index in [4.69, 9.17) is 0 Å². The second-order valence-corrected chi connectivity index (χ2v) is 6.19. The van der Waals surface area contributed by atoms with E-state index in [0.717, 1.165) is 9.13 Å². The second kappa shape index (κ2) is 6.88. The highest BCUT2D eigenvalue weighted by Gasteiger charge is 2.48. The maximum absolute atomic E-state index is 12.2. The first-order valence-electron chi connectivity index (χ1n) is 8.12. The number of carbonyl (C=O) groups excluding carboxylic acids is 2. The number of β-amino-alcohol motifs (C(OH)–C–C–N with tert-alkyl or cyclic N) is 1. The number of urea groups is 1. The number of aromatic nitrogens is 2. The number of azo groups is 1. The topological polar surface area (TPSA) is 174 Å². The molecule has 3 N–H and O–H groups in total. The van der Waals surface area contributed by atoms with E-state index >= 15 is 0 Å². The lowest BCUT2D eigenvalue weighted by atomic mass is 10.1. The molecule has 3 amide bonds. The average molecular weight is 394 g/mol. The number of nitrogens with zero attached hydrogens (tertiary/aromatic N) is 7. The zero-order chi connectivity index (χ0) is 20.7. The van der Waals surface area contributed by atoms with Crippen LogP contribution in [0.2, 0.25) is 0 Å². The fourth-order valence-electron chi connectivity index (χ4n) is 2.94. The molecule has 2 aliphatic rings. The second-order valence-electron chi connectivity index (χ2n) is 6.19. The summed E-state index contributed by atoms with van der Waals surface area (Å²) in [5.74, 6) is -1.42. The lowest BCUT2D eigenvalue weighted by molar-refractivity contribution is -0.127. The minimum atomic E-state index is -0.930. The Balaban J connectivity index is 2.04. The first kappa shape index (κ1) is 19.2. The molecule has 1 aromatic rings. The molecule has 1 saturated heterocycles. The van der Waals surface area contributed by atoms with Gasteiger partial charge in [-0.05, 0) is 0 Å². The summed E-state index contributed by atoms with van der Waals surface area (Å²) in [6.45, 7) is -0.374. The van der Waals surface area contributed by atoms with Gasteiger partial charge in [-0.25, -0.2) is 14.6 Å². The molecular weight excluding hydrogens is 376 g/mol. The number of guanidine groups is 1. The first-order chi connectivity index (χ1) is 13.2. The summed E-state index contributed by atoms with van der Waals surface area (Å²) in [6.07, 6.45) is -0.890. The number of rotatable bonds is 3. The van der Waals surface area contributed by atoms with Crippen LogP contribution in [0, 0.1) is 0 Å². The highest BCUT2D eigenvalue weighted by molar-refractivity contribution is 6.03. The smallest absolute Gasteiger partial charge is 0.333 e. The van der Waals surface area contributed by atoms with Gasteiger partial charge in [0, 0.05) is 27.7 Å². The fraction of sp³-hybridized carbons (Fsp3) is 0.500. The summed E-state index contributed by atoms with van der Waals surface area (Å²) in [7, 11) is 3.91. The predicted octanol–water partition coefficient (Wildman–Crippen LogP) is -2.59. The van der Waals surface area contributed by atoms with Crippen molar-refractivity contribution in [3.8, 4) is 5.88 Å². The molecule has 2 atom stereocenters. The van der Waals surface area contributed by atoms with E-state index in [2.05, 4.69) is 20.5 Å². The van der Waals surface area contributed by atoms with Crippen LogP contribution in [0.5, 0.6) is 5.88 Å². The molecule has 2 aliphatic heterocycles. The summed E-state index contributed by atoms with van der Waals surface area (Å²) in [6, 6.07) is -1.57. The van der Waals surface area contributed by atoms with Gasteiger partial charge >= 0.3 is 11.7 Å². The van der Waals surface area contributed by atoms with Gasteiger partial charge in [0.05, 0.1) is 6.61 Å². The van der Waals surface area contributed by atoms with Gasteiger partial charge in [0.25, 0.3) is 11.5 Å². The van der Waals surface area contributed by atoms with Gasteiger partial charge in [0.15, 0.2) is 12.2 Å². The number of aromatic hydroxyl groups is 1. The summed E-state index contributed by atoms with van der Waals surface area (Å²) in [4.78, 5) is 54.7. The summed E-state index contributed by atoms with van der Waals surface area (Å²) >= 11 is 0. The molecule has 150 valence electrons. The minimum Gasteiger partial charge on any atom is -0.493 e. The third-order valence-corrected chi connectivity index (χ3v) is 4.53. The number of aliphatic imine (C=N–C) groups is 1. The van der Waals surface area contributed by atoms with Crippen LogP contribution < -0.4 is 16.6 Å². The van der Waals surface area contributed by atoms with Gasteiger partial charge < -0.3 is 20.0 Å². The Labute approximate surface area is 157 Å². The SMILES string of the molecule is CN1C(=O)NC(=O)C2C1N=C(N=Nc1c(O)n(C)c(=O)n(C)c1=O)N2CCO. The van der Waals surface area contributed by atoms with Crippen LogP contribution in [0.3, 0.4) is 0 Å². The van der Waals surface area contributed by atoms with E-state index in [1.165, 1.54) is 30.9 Å². The molecular formula is C14H18N8O6. The molecule has 3 rings (SSSR count). The van der Waals surface area contributed by atoms with Crippen molar-refractivity contribution in [1.29, 1.82) is 0 Å². The standard InChI is InChI=1S/C14H18N8O6/c1-19-8-7(9(24)16-13(19)27)22(4-5-23)12(15-8)18-17-6-10(25)20(2)14(28)21(3)11(6)26/h7-8,23,25H,4-5H2,1-3H3,(H,16,24,27). The first-order valence-corrected chi connectivity index (χ1v) is 8.12. The Morgan fingerprint density at radius 3 is 2.43 bits per heavy atom. The number of amides is 3. The normalized spacial score (nSPS) is 21.9. The Bertz CT molecular complexity index is 1020. The van der Waals surface area contributed by atoms with Crippen LogP contribution in [-0.4, -0.2) is 79.5 Å². The van der Waals surface area contributed by atoms with Crippen LogP contribution in [0.15, 0.2) is 24.8 Å². The van der Waals surface area contributed by atoms with E-state index in [1.54, 1.807) is 0 Å². The lowest BCUT2D eigenvalue weighted by Gasteiger charge is -2.35.